The van der Waals surface area contributed by atoms with Crippen LogP contribution in [0.5, 0.6) is 0 Å². The molecule has 0 aliphatic rings. The third-order valence-corrected chi connectivity index (χ3v) is 4.92. The Balaban J connectivity index is 2.14. The van der Waals surface area contributed by atoms with Crippen molar-refractivity contribution in [3.05, 3.63) is 44.4 Å². The van der Waals surface area contributed by atoms with Crippen molar-refractivity contribution >= 4 is 61.8 Å². The van der Waals surface area contributed by atoms with Gasteiger partial charge in [-0.05, 0) is 37.6 Å². The number of aromatic nitrogens is 1. The largest absolute Gasteiger partial charge is 0.396 e. The number of azo groups is 1. The maximum atomic E-state index is 9.14. The van der Waals surface area contributed by atoms with E-state index in [1.807, 2.05) is 13.8 Å². The van der Waals surface area contributed by atoms with Crippen molar-refractivity contribution in [3.63, 3.8) is 0 Å². The minimum absolute atomic E-state index is 0.435. The van der Waals surface area contributed by atoms with Crippen molar-refractivity contribution in [1.82, 2.24) is 4.98 Å². The van der Waals surface area contributed by atoms with E-state index in [0.717, 1.165) is 15.8 Å². The van der Waals surface area contributed by atoms with Crippen LogP contribution in [0, 0.1) is 25.2 Å². The lowest BCUT2D eigenvalue weighted by atomic mass is 10.1. The average Bonchev–Trinajstić information content (AvgIpc) is 2.82. The molecule has 2 N–H and O–H groups in total. The summed E-state index contributed by atoms with van der Waals surface area (Å²) in [6, 6.07) is 7.05. The van der Waals surface area contributed by atoms with Crippen LogP contribution in [0.4, 0.5) is 17.1 Å². The molecular formula is C16H11Cl2N5S. The number of nitrogens with two attached hydrogens (primary N) is 1. The number of aryl methyl sites for hydroxylation is 2. The van der Waals surface area contributed by atoms with Crippen LogP contribution < -0.4 is 5.73 Å². The molecule has 0 atom stereocenters. The van der Waals surface area contributed by atoms with Crippen molar-refractivity contribution in [1.29, 1.82) is 5.26 Å². The summed E-state index contributed by atoms with van der Waals surface area (Å²) in [5.74, 6) is 0. The van der Waals surface area contributed by atoms with Gasteiger partial charge in [-0.3, -0.25) is 0 Å². The van der Waals surface area contributed by atoms with E-state index in [0.29, 0.717) is 37.7 Å². The molecule has 2 aromatic heterocycles. The Labute approximate surface area is 152 Å². The van der Waals surface area contributed by atoms with Crippen molar-refractivity contribution in [2.24, 2.45) is 10.2 Å². The van der Waals surface area contributed by atoms with E-state index in [-0.39, 0.29) is 0 Å². The fourth-order valence-electron chi connectivity index (χ4n) is 2.40. The maximum absolute atomic E-state index is 9.14. The van der Waals surface area contributed by atoms with Gasteiger partial charge in [0.2, 0.25) is 0 Å². The first-order valence-corrected chi connectivity index (χ1v) is 8.45. The molecule has 0 saturated heterocycles. The quantitative estimate of drug-likeness (QED) is 0.549. The Morgan fingerprint density at radius 2 is 1.83 bits per heavy atom. The molecule has 0 fully saturated rings. The highest BCUT2D eigenvalue weighted by molar-refractivity contribution is 7.19. The van der Waals surface area contributed by atoms with E-state index in [9.17, 15) is 0 Å². The van der Waals surface area contributed by atoms with Crippen LogP contribution in [0.25, 0.3) is 10.2 Å². The van der Waals surface area contributed by atoms with Gasteiger partial charge in [-0.2, -0.15) is 10.4 Å². The third-order valence-electron chi connectivity index (χ3n) is 3.48. The first-order chi connectivity index (χ1) is 11.4. The minimum Gasteiger partial charge on any atom is -0.396 e. The lowest BCUT2D eigenvalue weighted by molar-refractivity contribution is 1.15. The Morgan fingerprint density at radius 3 is 2.46 bits per heavy atom. The number of rotatable bonds is 2. The van der Waals surface area contributed by atoms with Crippen LogP contribution in [0.15, 0.2) is 28.4 Å². The van der Waals surface area contributed by atoms with Gasteiger partial charge in [0.05, 0.1) is 17.1 Å². The monoisotopic (exact) mass is 375 g/mol. The molecular weight excluding hydrogens is 365 g/mol. The summed E-state index contributed by atoms with van der Waals surface area (Å²) < 4.78 is 0. The second-order valence-electron chi connectivity index (χ2n) is 5.14. The van der Waals surface area contributed by atoms with Crippen LogP contribution in [0.1, 0.15) is 16.1 Å². The van der Waals surface area contributed by atoms with Crippen molar-refractivity contribution in [2.45, 2.75) is 13.8 Å². The molecule has 0 spiro atoms. The Kier molecular flexibility index (Phi) is 4.41. The summed E-state index contributed by atoms with van der Waals surface area (Å²) in [6.07, 6.45) is 0. The summed E-state index contributed by atoms with van der Waals surface area (Å²) >= 11 is 13.2. The van der Waals surface area contributed by atoms with Crippen LogP contribution in [-0.2, 0) is 0 Å². The number of pyridine rings is 1. The molecule has 0 unspecified atom stereocenters. The predicted molar refractivity (Wildman–Crippen MR) is 98.9 cm³/mol. The molecule has 2 heterocycles. The van der Waals surface area contributed by atoms with Crippen LogP contribution in [0.3, 0.4) is 0 Å². The molecule has 3 aromatic rings. The molecule has 120 valence electrons. The second kappa shape index (κ2) is 6.36. The molecule has 0 aliphatic carbocycles. The minimum atomic E-state index is 0.435. The smallest absolute Gasteiger partial charge is 0.130 e. The number of hydrogen-bond acceptors (Lipinski definition) is 6. The highest BCUT2D eigenvalue weighted by atomic mass is 35.5. The first-order valence-electron chi connectivity index (χ1n) is 6.87. The normalized spacial score (nSPS) is 11.3. The topological polar surface area (TPSA) is 87.4 Å². The Morgan fingerprint density at radius 1 is 1.17 bits per heavy atom. The lowest BCUT2D eigenvalue weighted by Gasteiger charge is -2.05. The number of fused-ring (bicyclic) bond motifs is 1. The van der Waals surface area contributed by atoms with Gasteiger partial charge in [0.15, 0.2) is 0 Å². The number of hydrogen-bond donors (Lipinski definition) is 1. The van der Waals surface area contributed by atoms with Crippen LogP contribution in [0.2, 0.25) is 10.0 Å². The van der Waals surface area contributed by atoms with E-state index in [2.05, 4.69) is 21.3 Å². The standard InChI is InChI=1S/C16H11Cl2N5S/c1-7-13-14(20)12(6-19)24-16(13)21-8(2)15(7)23-22-11-4-9(17)3-10(18)5-11/h3-5H,20H2,1-2H3. The van der Waals surface area contributed by atoms with Gasteiger partial charge in [-0.15, -0.1) is 16.5 Å². The number of thiophene rings is 1. The zero-order chi connectivity index (χ0) is 17.4. The zero-order valence-corrected chi connectivity index (χ0v) is 15.1. The Hall–Kier alpha value is -2.20. The van der Waals surface area contributed by atoms with Gasteiger partial charge in [0.1, 0.15) is 21.5 Å². The molecule has 8 heteroatoms. The highest BCUT2D eigenvalue weighted by Gasteiger charge is 2.17. The van der Waals surface area contributed by atoms with E-state index >= 15 is 0 Å². The molecule has 3 rings (SSSR count). The zero-order valence-electron chi connectivity index (χ0n) is 12.8. The summed E-state index contributed by atoms with van der Waals surface area (Å²) in [4.78, 5) is 5.67. The maximum Gasteiger partial charge on any atom is 0.130 e. The van der Waals surface area contributed by atoms with Gasteiger partial charge in [-0.1, -0.05) is 23.2 Å². The molecule has 5 nitrogen and oxygen atoms in total. The summed E-state index contributed by atoms with van der Waals surface area (Å²) in [7, 11) is 0. The molecule has 0 aliphatic heterocycles. The summed E-state index contributed by atoms with van der Waals surface area (Å²) in [6.45, 7) is 3.73. The molecule has 1 aromatic carbocycles. The third kappa shape index (κ3) is 2.94. The molecule has 0 saturated carbocycles. The second-order valence-corrected chi connectivity index (χ2v) is 7.01. The number of benzene rings is 1. The first kappa shape index (κ1) is 16.7. The van der Waals surface area contributed by atoms with E-state index in [1.165, 1.54) is 11.3 Å². The molecule has 0 amide bonds. The number of nitrogen functional groups attached to an aromatic ring is 1. The van der Waals surface area contributed by atoms with E-state index < -0.39 is 0 Å². The van der Waals surface area contributed by atoms with Gasteiger partial charge in [0, 0.05) is 15.4 Å². The highest BCUT2D eigenvalue weighted by Crippen LogP contribution is 2.39. The lowest BCUT2D eigenvalue weighted by Crippen LogP contribution is -1.90. The van der Waals surface area contributed by atoms with Crippen molar-refractivity contribution in [3.8, 4) is 6.07 Å². The molecule has 0 radical (unpaired) electrons. The fraction of sp³-hybridized carbons (Fsp3) is 0.125. The number of nitrogens with zero attached hydrogens (tertiary/aromatic N) is 4. The van der Waals surface area contributed by atoms with E-state index in [1.54, 1.807) is 18.2 Å². The van der Waals surface area contributed by atoms with Crippen molar-refractivity contribution in [2.75, 3.05) is 5.73 Å². The van der Waals surface area contributed by atoms with Gasteiger partial charge < -0.3 is 5.73 Å². The summed E-state index contributed by atoms with van der Waals surface area (Å²) in [5.41, 5.74) is 9.20. The van der Waals surface area contributed by atoms with E-state index in [4.69, 9.17) is 34.2 Å². The van der Waals surface area contributed by atoms with Crippen LogP contribution >= 0.6 is 34.5 Å². The Bertz CT molecular complexity index is 1010. The number of anilines is 1. The van der Waals surface area contributed by atoms with Crippen LogP contribution in [-0.4, -0.2) is 4.98 Å². The molecule has 24 heavy (non-hydrogen) atoms. The SMILES string of the molecule is Cc1nc2sc(C#N)c(N)c2c(C)c1N=Nc1cc(Cl)cc(Cl)c1. The molecule has 0 bridgehead atoms. The summed E-state index contributed by atoms with van der Waals surface area (Å²) in [5, 5.41) is 19.4. The van der Waals surface area contributed by atoms with Gasteiger partial charge in [-0.25, -0.2) is 4.98 Å². The fourth-order valence-corrected chi connectivity index (χ4v) is 3.92. The number of nitriles is 1. The number of halogens is 2. The average molecular weight is 376 g/mol. The predicted octanol–water partition coefficient (Wildman–Crippen LogP) is 6.09. The van der Waals surface area contributed by atoms with Crippen molar-refractivity contribution < 1.29 is 0 Å². The van der Waals surface area contributed by atoms with Gasteiger partial charge >= 0.3 is 0 Å². The van der Waals surface area contributed by atoms with Gasteiger partial charge in [0.25, 0.3) is 0 Å².